The van der Waals surface area contributed by atoms with Crippen molar-refractivity contribution in [3.8, 4) is 0 Å². The van der Waals surface area contributed by atoms with Crippen molar-refractivity contribution in [2.24, 2.45) is 0 Å². The molecule has 0 aliphatic rings. The molecule has 0 bridgehead atoms. The van der Waals surface area contributed by atoms with E-state index in [0.29, 0.717) is 10.7 Å². The fourth-order valence-corrected chi connectivity index (χ4v) is 7.51. The van der Waals surface area contributed by atoms with Gasteiger partial charge in [0.1, 0.15) is 0 Å². The molecule has 0 aromatic heterocycles. The van der Waals surface area contributed by atoms with Crippen LogP contribution in [0.3, 0.4) is 0 Å². The summed E-state index contributed by atoms with van der Waals surface area (Å²) in [5.74, 6) is 0.319. The molecule has 0 N–H and O–H groups in total. The number of rotatable bonds is 10. The molecule has 3 aromatic carbocycles. The van der Waals surface area contributed by atoms with Gasteiger partial charge in [-0.15, -0.1) is 0 Å². The molecule has 33 heavy (non-hydrogen) atoms. The van der Waals surface area contributed by atoms with Crippen LogP contribution in [0.5, 0.6) is 0 Å². The Morgan fingerprint density at radius 3 is 1.67 bits per heavy atom. The van der Waals surface area contributed by atoms with Gasteiger partial charge in [0.2, 0.25) is 0 Å². The number of benzene rings is 3. The van der Waals surface area contributed by atoms with Crippen LogP contribution in [-0.2, 0) is 9.47 Å². The second kappa shape index (κ2) is 11.9. The van der Waals surface area contributed by atoms with E-state index in [0.717, 1.165) is 0 Å². The SMILES string of the molecule is CO[C@H](C)c1cccc([C@@H](C)OC)c1[Se][C@H](C)[C@H](c1ccccc1)c1ccc(N(C)C)cc1. The van der Waals surface area contributed by atoms with Gasteiger partial charge < -0.3 is 0 Å². The molecule has 0 spiro atoms. The number of hydrogen-bond acceptors (Lipinski definition) is 3. The molecule has 3 aromatic rings. The van der Waals surface area contributed by atoms with Gasteiger partial charge in [-0.3, -0.25) is 0 Å². The second-order valence-electron chi connectivity index (χ2n) is 8.72. The van der Waals surface area contributed by atoms with Crippen LogP contribution in [-0.4, -0.2) is 43.3 Å². The van der Waals surface area contributed by atoms with E-state index in [1.165, 1.54) is 32.4 Å². The second-order valence-corrected chi connectivity index (χ2v) is 11.6. The summed E-state index contributed by atoms with van der Waals surface area (Å²) < 4.78 is 12.9. The van der Waals surface area contributed by atoms with Crippen molar-refractivity contribution < 1.29 is 9.47 Å². The van der Waals surface area contributed by atoms with Gasteiger partial charge >= 0.3 is 207 Å². The Morgan fingerprint density at radius 1 is 0.667 bits per heavy atom. The predicted octanol–water partition coefficient (Wildman–Crippen LogP) is 6.14. The Hall–Kier alpha value is -2.10. The summed E-state index contributed by atoms with van der Waals surface area (Å²) in [4.78, 5) is 2.59. The van der Waals surface area contributed by atoms with E-state index in [1.54, 1.807) is 14.2 Å². The van der Waals surface area contributed by atoms with Gasteiger partial charge in [0.25, 0.3) is 0 Å². The van der Waals surface area contributed by atoms with Crippen LogP contribution in [0.25, 0.3) is 0 Å². The summed E-state index contributed by atoms with van der Waals surface area (Å²) in [6.45, 7) is 6.66. The first kappa shape index (κ1) is 25.5. The molecule has 4 atom stereocenters. The van der Waals surface area contributed by atoms with E-state index in [1.807, 2.05) is 0 Å². The molecule has 0 saturated heterocycles. The molecule has 0 fully saturated rings. The quantitative estimate of drug-likeness (QED) is 0.306. The van der Waals surface area contributed by atoms with Crippen LogP contribution in [0.4, 0.5) is 5.69 Å². The molecule has 0 radical (unpaired) electrons. The average Bonchev–Trinajstić information content (AvgIpc) is 2.84. The zero-order chi connectivity index (χ0) is 24.0. The minimum atomic E-state index is 0.0487. The zero-order valence-electron chi connectivity index (χ0n) is 20.9. The Morgan fingerprint density at radius 2 is 1.18 bits per heavy atom. The Kier molecular flexibility index (Phi) is 9.17. The first-order valence-electron chi connectivity index (χ1n) is 11.5. The van der Waals surface area contributed by atoms with Gasteiger partial charge in [-0.1, -0.05) is 0 Å². The van der Waals surface area contributed by atoms with Crippen molar-refractivity contribution in [1.82, 2.24) is 0 Å². The predicted molar refractivity (Wildman–Crippen MR) is 141 cm³/mol. The number of methoxy groups -OCH3 is 2. The number of anilines is 1. The van der Waals surface area contributed by atoms with Gasteiger partial charge in [0.05, 0.1) is 0 Å². The van der Waals surface area contributed by atoms with E-state index >= 15 is 0 Å². The summed E-state index contributed by atoms with van der Waals surface area (Å²) in [5, 5.41) is 0. The first-order valence-corrected chi connectivity index (χ1v) is 13.4. The van der Waals surface area contributed by atoms with Gasteiger partial charge in [-0.2, -0.15) is 0 Å². The summed E-state index contributed by atoms with van der Waals surface area (Å²) in [5.41, 5.74) is 6.50. The zero-order valence-corrected chi connectivity index (χ0v) is 22.6. The van der Waals surface area contributed by atoms with Crippen molar-refractivity contribution in [2.75, 3.05) is 33.2 Å². The van der Waals surface area contributed by atoms with E-state index < -0.39 is 0 Å². The van der Waals surface area contributed by atoms with Gasteiger partial charge in [0, 0.05) is 0 Å². The van der Waals surface area contributed by atoms with Gasteiger partial charge in [-0.05, 0) is 0 Å². The van der Waals surface area contributed by atoms with E-state index in [4.69, 9.17) is 9.47 Å². The van der Waals surface area contributed by atoms with Gasteiger partial charge in [0.15, 0.2) is 0 Å². The van der Waals surface area contributed by atoms with E-state index in [2.05, 4.69) is 113 Å². The summed E-state index contributed by atoms with van der Waals surface area (Å²) in [7, 11) is 7.75. The van der Waals surface area contributed by atoms with Crippen LogP contribution < -0.4 is 9.36 Å². The molecule has 3 rings (SSSR count). The van der Waals surface area contributed by atoms with Crippen LogP contribution in [0.1, 0.15) is 61.2 Å². The Bertz CT molecular complexity index is 976. The van der Waals surface area contributed by atoms with Crippen molar-refractivity contribution in [3.63, 3.8) is 0 Å². The summed E-state index contributed by atoms with van der Waals surface area (Å²) in [6, 6.07) is 26.5. The minimum absolute atomic E-state index is 0.0487. The monoisotopic (exact) mass is 511 g/mol. The van der Waals surface area contributed by atoms with Crippen LogP contribution in [0, 0.1) is 0 Å². The fraction of sp³-hybridized carbons (Fsp3) is 0.379. The number of ether oxygens (including phenoxy) is 2. The summed E-state index contributed by atoms with van der Waals surface area (Å²) in [6.07, 6.45) is 0.0975. The fourth-order valence-electron chi connectivity index (χ4n) is 4.23. The topological polar surface area (TPSA) is 21.7 Å². The molecule has 0 unspecified atom stereocenters. The van der Waals surface area contributed by atoms with Crippen LogP contribution in [0.15, 0.2) is 72.8 Å². The molecular formula is C29H37NO2Se. The molecule has 4 heteroatoms. The molecule has 0 amide bonds. The average molecular weight is 511 g/mol. The van der Waals surface area contributed by atoms with Crippen molar-refractivity contribution in [2.45, 2.75) is 43.7 Å². The van der Waals surface area contributed by atoms with Crippen molar-refractivity contribution in [3.05, 3.63) is 95.1 Å². The molecule has 0 aliphatic heterocycles. The Balaban J connectivity index is 2.05. The third-order valence-electron chi connectivity index (χ3n) is 6.36. The molecular weight excluding hydrogens is 473 g/mol. The molecule has 0 saturated carbocycles. The first-order chi connectivity index (χ1) is 15.9. The molecule has 0 heterocycles. The van der Waals surface area contributed by atoms with Crippen molar-refractivity contribution in [1.29, 1.82) is 0 Å². The van der Waals surface area contributed by atoms with Gasteiger partial charge in [-0.25, -0.2) is 0 Å². The summed E-state index contributed by atoms with van der Waals surface area (Å²) >= 11 is 0.215. The third kappa shape index (κ3) is 6.07. The molecule has 0 aliphatic carbocycles. The number of hydrogen-bond donors (Lipinski definition) is 0. The Labute approximate surface area is 206 Å². The van der Waals surface area contributed by atoms with E-state index in [-0.39, 0.29) is 27.2 Å². The normalized spacial score (nSPS) is 15.0. The van der Waals surface area contributed by atoms with E-state index in [9.17, 15) is 0 Å². The molecule has 176 valence electrons. The van der Waals surface area contributed by atoms with Crippen LogP contribution >= 0.6 is 0 Å². The van der Waals surface area contributed by atoms with Crippen molar-refractivity contribution >= 4 is 25.1 Å². The third-order valence-corrected chi connectivity index (χ3v) is 9.19. The maximum absolute atomic E-state index is 5.76. The molecule has 3 nitrogen and oxygen atoms in total. The maximum atomic E-state index is 5.76. The van der Waals surface area contributed by atoms with Crippen LogP contribution in [0.2, 0.25) is 4.82 Å². The standard InChI is InChI=1S/C29H37NO2Se/c1-20(31-6)26-14-11-15-27(21(2)32-7)29(26)33-22(3)28(23-12-9-8-10-13-23)24-16-18-25(19-17-24)30(4)5/h8-22,28H,1-7H3/t20-,21-,22-,28-/m1/s1. The number of nitrogens with zero attached hydrogens (tertiary/aromatic N) is 1.